The van der Waals surface area contributed by atoms with Crippen LogP contribution < -0.4 is 0 Å². The highest BCUT2D eigenvalue weighted by Gasteiger charge is 2.36. The van der Waals surface area contributed by atoms with E-state index in [0.29, 0.717) is 0 Å². The summed E-state index contributed by atoms with van der Waals surface area (Å²) < 4.78 is 16.1. The van der Waals surface area contributed by atoms with E-state index in [1.165, 1.54) is 12.8 Å². The van der Waals surface area contributed by atoms with Crippen LogP contribution in [0.2, 0.25) is 6.04 Å². The number of unbranched alkanes of at least 4 members (excludes halogenated alkanes) is 1. The number of hydrogen-bond acceptors (Lipinski definition) is 4. The lowest BCUT2D eigenvalue weighted by Gasteiger charge is -2.25. The van der Waals surface area contributed by atoms with Crippen molar-refractivity contribution in [2.24, 2.45) is 0 Å². The van der Waals surface area contributed by atoms with E-state index in [2.05, 4.69) is 18.9 Å². The highest BCUT2D eigenvalue weighted by atomic mass is 28.4. The van der Waals surface area contributed by atoms with E-state index in [1.54, 1.807) is 21.3 Å². The molecular weight excluding hydrogens is 222 g/mol. The quantitative estimate of drug-likeness (QED) is 0.554. The average molecular weight is 249 g/mol. The van der Waals surface area contributed by atoms with E-state index in [1.807, 2.05) is 0 Å². The minimum Gasteiger partial charge on any atom is -0.377 e. The minimum absolute atomic E-state index is 0.882. The normalized spacial score (nSPS) is 12.4. The van der Waals surface area contributed by atoms with Crippen molar-refractivity contribution in [1.29, 1.82) is 0 Å². The zero-order valence-electron chi connectivity index (χ0n) is 11.4. The summed E-state index contributed by atoms with van der Waals surface area (Å²) in [5, 5.41) is 0. The van der Waals surface area contributed by atoms with E-state index in [-0.39, 0.29) is 0 Å². The lowest BCUT2D eigenvalue weighted by Crippen LogP contribution is -2.43. The van der Waals surface area contributed by atoms with Crippen LogP contribution in [0.3, 0.4) is 0 Å². The highest BCUT2D eigenvalue weighted by molar-refractivity contribution is 6.60. The van der Waals surface area contributed by atoms with Gasteiger partial charge in [-0.15, -0.1) is 0 Å². The van der Waals surface area contributed by atoms with Crippen molar-refractivity contribution in [1.82, 2.24) is 4.90 Å². The summed E-state index contributed by atoms with van der Waals surface area (Å²) in [6.45, 7) is 4.45. The molecule has 0 radical (unpaired) electrons. The smallest absolute Gasteiger partial charge is 0.377 e. The molecule has 0 aliphatic rings. The van der Waals surface area contributed by atoms with Gasteiger partial charge in [0, 0.05) is 27.4 Å². The van der Waals surface area contributed by atoms with Crippen molar-refractivity contribution < 1.29 is 13.3 Å². The van der Waals surface area contributed by atoms with Crippen LogP contribution >= 0.6 is 0 Å². The first-order valence-electron chi connectivity index (χ1n) is 5.98. The van der Waals surface area contributed by atoms with Gasteiger partial charge in [0.25, 0.3) is 0 Å². The first kappa shape index (κ1) is 16.1. The first-order valence-corrected chi connectivity index (χ1v) is 7.91. The number of rotatable bonds is 10. The van der Waals surface area contributed by atoms with Crippen LogP contribution in [0.25, 0.3) is 0 Å². The Morgan fingerprint density at radius 3 is 1.88 bits per heavy atom. The molecule has 5 heteroatoms. The summed E-state index contributed by atoms with van der Waals surface area (Å²) in [5.41, 5.74) is 0. The molecule has 98 valence electrons. The van der Waals surface area contributed by atoms with Crippen LogP contribution in [0.4, 0.5) is 0 Å². The van der Waals surface area contributed by atoms with Gasteiger partial charge in [-0.3, -0.25) is 0 Å². The van der Waals surface area contributed by atoms with Gasteiger partial charge in [-0.2, -0.15) is 0 Å². The van der Waals surface area contributed by atoms with Crippen molar-refractivity contribution in [2.45, 2.75) is 32.2 Å². The molecule has 0 aromatic rings. The van der Waals surface area contributed by atoms with E-state index in [0.717, 1.165) is 25.6 Å². The standard InChI is InChI=1S/C11H27NO3Si/c1-6-7-9-12(2)10-8-11-16(13-3,14-4)15-5/h6-11H2,1-5H3. The average Bonchev–Trinajstić information content (AvgIpc) is 2.33. The molecule has 0 aliphatic carbocycles. The van der Waals surface area contributed by atoms with Crippen molar-refractivity contribution in [3.63, 3.8) is 0 Å². The van der Waals surface area contributed by atoms with E-state index in [9.17, 15) is 0 Å². The molecule has 0 unspecified atom stereocenters. The monoisotopic (exact) mass is 249 g/mol. The molecule has 0 bridgehead atoms. The Morgan fingerprint density at radius 2 is 1.44 bits per heavy atom. The van der Waals surface area contributed by atoms with Crippen LogP contribution in [0.15, 0.2) is 0 Å². The number of hydrogen-bond donors (Lipinski definition) is 0. The Bertz CT molecular complexity index is 157. The second kappa shape index (κ2) is 9.12. The molecule has 4 nitrogen and oxygen atoms in total. The Kier molecular flexibility index (Phi) is 9.16. The van der Waals surface area contributed by atoms with Gasteiger partial charge in [0.1, 0.15) is 0 Å². The lowest BCUT2D eigenvalue weighted by molar-refractivity contribution is 0.122. The molecule has 0 saturated carbocycles. The SMILES string of the molecule is CCCCN(C)CCC[Si](OC)(OC)OC. The van der Waals surface area contributed by atoms with E-state index in [4.69, 9.17) is 13.3 Å². The van der Waals surface area contributed by atoms with Crippen molar-refractivity contribution in [2.75, 3.05) is 41.5 Å². The van der Waals surface area contributed by atoms with Crippen LogP contribution in [-0.4, -0.2) is 55.2 Å². The Morgan fingerprint density at radius 1 is 0.938 bits per heavy atom. The second-order valence-electron chi connectivity index (χ2n) is 4.06. The van der Waals surface area contributed by atoms with Gasteiger partial charge < -0.3 is 18.2 Å². The van der Waals surface area contributed by atoms with Gasteiger partial charge >= 0.3 is 8.80 Å². The molecule has 0 aromatic heterocycles. The predicted octanol–water partition coefficient (Wildman–Crippen LogP) is 1.99. The highest BCUT2D eigenvalue weighted by Crippen LogP contribution is 2.15. The van der Waals surface area contributed by atoms with Crippen LogP contribution in [-0.2, 0) is 13.3 Å². The lowest BCUT2D eigenvalue weighted by atomic mass is 10.3. The van der Waals surface area contributed by atoms with Crippen molar-refractivity contribution in [3.8, 4) is 0 Å². The van der Waals surface area contributed by atoms with E-state index < -0.39 is 8.80 Å². The fraction of sp³-hybridized carbons (Fsp3) is 1.00. The summed E-state index contributed by atoms with van der Waals surface area (Å²) >= 11 is 0. The van der Waals surface area contributed by atoms with Crippen LogP contribution in [0.5, 0.6) is 0 Å². The van der Waals surface area contributed by atoms with Crippen LogP contribution in [0, 0.1) is 0 Å². The maximum atomic E-state index is 5.38. The molecule has 0 saturated heterocycles. The summed E-state index contributed by atoms with van der Waals surface area (Å²) in [6, 6.07) is 0.882. The molecule has 0 rings (SSSR count). The molecule has 0 spiro atoms. The topological polar surface area (TPSA) is 30.9 Å². The maximum absolute atomic E-state index is 5.38. The number of nitrogens with zero attached hydrogens (tertiary/aromatic N) is 1. The van der Waals surface area contributed by atoms with E-state index >= 15 is 0 Å². The van der Waals surface area contributed by atoms with Gasteiger partial charge in [-0.05, 0) is 33.0 Å². The minimum atomic E-state index is -2.34. The molecule has 0 atom stereocenters. The van der Waals surface area contributed by atoms with Gasteiger partial charge in [0.15, 0.2) is 0 Å². The molecule has 16 heavy (non-hydrogen) atoms. The molecule has 0 aliphatic heterocycles. The third-order valence-corrected chi connectivity index (χ3v) is 5.68. The predicted molar refractivity (Wildman–Crippen MR) is 68.6 cm³/mol. The summed E-state index contributed by atoms with van der Waals surface area (Å²) in [5.74, 6) is 0. The fourth-order valence-corrected chi connectivity index (χ4v) is 3.37. The summed E-state index contributed by atoms with van der Waals surface area (Å²) in [6.07, 6.45) is 3.57. The molecule has 0 fully saturated rings. The molecule has 0 N–H and O–H groups in total. The van der Waals surface area contributed by atoms with Crippen molar-refractivity contribution in [3.05, 3.63) is 0 Å². The third kappa shape index (κ3) is 5.96. The van der Waals surface area contributed by atoms with Crippen molar-refractivity contribution >= 4 is 8.80 Å². The molecule has 0 amide bonds. The third-order valence-electron chi connectivity index (χ3n) is 2.85. The van der Waals surface area contributed by atoms with Gasteiger partial charge in [0.05, 0.1) is 0 Å². The Hall–Kier alpha value is 0.0569. The largest absolute Gasteiger partial charge is 0.500 e. The van der Waals surface area contributed by atoms with Gasteiger partial charge in [-0.1, -0.05) is 13.3 Å². The zero-order chi connectivity index (χ0) is 12.4. The molecule has 0 aromatic carbocycles. The fourth-order valence-electron chi connectivity index (χ4n) is 1.66. The molecular formula is C11H27NO3Si. The Labute approximate surface area is 101 Å². The maximum Gasteiger partial charge on any atom is 0.500 e. The zero-order valence-corrected chi connectivity index (χ0v) is 12.4. The Balaban J connectivity index is 3.77. The summed E-state index contributed by atoms with van der Waals surface area (Å²) in [4.78, 5) is 2.35. The molecule has 0 heterocycles. The van der Waals surface area contributed by atoms with Crippen LogP contribution in [0.1, 0.15) is 26.2 Å². The van der Waals surface area contributed by atoms with Gasteiger partial charge in [0.2, 0.25) is 0 Å². The van der Waals surface area contributed by atoms with Gasteiger partial charge in [-0.25, -0.2) is 0 Å². The first-order chi connectivity index (χ1) is 7.64. The second-order valence-corrected chi connectivity index (χ2v) is 7.15. The summed E-state index contributed by atoms with van der Waals surface area (Å²) in [7, 11) is 4.82.